The van der Waals surface area contributed by atoms with Crippen LogP contribution in [0.15, 0.2) is 24.5 Å². The summed E-state index contributed by atoms with van der Waals surface area (Å²) < 4.78 is 1.63. The molecule has 0 aliphatic carbocycles. The molecule has 1 aliphatic rings. The first kappa shape index (κ1) is 17.7. The number of aromatic amines is 1. The highest BCUT2D eigenvalue weighted by atomic mass is 35.5. The average Bonchev–Trinajstić information content (AvgIpc) is 3.31. The molecule has 1 aliphatic heterocycles. The first-order valence-electron chi connectivity index (χ1n) is 8.10. The second kappa shape index (κ2) is 6.50. The quantitative estimate of drug-likeness (QED) is 0.446. The van der Waals surface area contributed by atoms with Crippen molar-refractivity contribution in [1.29, 1.82) is 0 Å². The maximum Gasteiger partial charge on any atom is 0.337 e. The second-order valence-electron chi connectivity index (χ2n) is 6.15. The maximum absolute atomic E-state index is 13.1. The van der Waals surface area contributed by atoms with Crippen LogP contribution in [-0.2, 0) is 18.4 Å². The van der Waals surface area contributed by atoms with Crippen molar-refractivity contribution in [3.8, 4) is 0 Å². The number of carbonyl (C=O) groups is 2. The summed E-state index contributed by atoms with van der Waals surface area (Å²) in [4.78, 5) is 36.5. The summed E-state index contributed by atoms with van der Waals surface area (Å²) in [5.74, 6) is -1.22. The Kier molecular flexibility index (Phi) is 4.12. The van der Waals surface area contributed by atoms with Crippen LogP contribution in [0.4, 0.5) is 11.8 Å². The zero-order valence-corrected chi connectivity index (χ0v) is 15.3. The number of rotatable bonds is 4. The number of anilines is 2. The highest BCUT2D eigenvalue weighted by Crippen LogP contribution is 2.41. The van der Waals surface area contributed by atoms with Gasteiger partial charge in [-0.15, -0.1) is 0 Å². The average molecular weight is 400 g/mol. The molecule has 4 N–H and O–H groups in total. The Morgan fingerprint density at radius 3 is 2.86 bits per heavy atom. The number of fused-ring (bicyclic) bond motifs is 1. The monoisotopic (exact) mass is 399 g/mol. The summed E-state index contributed by atoms with van der Waals surface area (Å²) >= 11 is 6.25. The van der Waals surface area contributed by atoms with E-state index >= 15 is 0 Å². The topological polar surface area (TPSA) is 143 Å². The van der Waals surface area contributed by atoms with Gasteiger partial charge in [0, 0.05) is 25.1 Å². The van der Waals surface area contributed by atoms with Gasteiger partial charge in [-0.05, 0) is 18.2 Å². The van der Waals surface area contributed by atoms with Crippen LogP contribution in [0.1, 0.15) is 27.3 Å². The van der Waals surface area contributed by atoms with E-state index in [1.807, 2.05) is 0 Å². The van der Waals surface area contributed by atoms with Crippen molar-refractivity contribution in [2.24, 2.45) is 7.05 Å². The predicted molar refractivity (Wildman–Crippen MR) is 101 cm³/mol. The van der Waals surface area contributed by atoms with Gasteiger partial charge in [0.2, 0.25) is 5.95 Å². The number of hydrogen-bond donors (Lipinski definition) is 3. The number of nitrogens with one attached hydrogen (secondary N) is 1. The van der Waals surface area contributed by atoms with Crippen LogP contribution in [0.5, 0.6) is 0 Å². The third kappa shape index (κ3) is 2.99. The zero-order chi connectivity index (χ0) is 20.0. The molecule has 0 spiro atoms. The Labute approximate surface area is 163 Å². The molecule has 0 unspecified atom stereocenters. The van der Waals surface area contributed by atoms with Crippen LogP contribution in [0.2, 0.25) is 5.15 Å². The molecule has 0 aromatic carbocycles. The Hall–Kier alpha value is -3.66. The van der Waals surface area contributed by atoms with Crippen LogP contribution >= 0.6 is 11.6 Å². The van der Waals surface area contributed by atoms with E-state index in [0.29, 0.717) is 17.0 Å². The van der Waals surface area contributed by atoms with Gasteiger partial charge in [0.15, 0.2) is 5.82 Å². The van der Waals surface area contributed by atoms with Crippen LogP contribution in [0, 0.1) is 0 Å². The highest BCUT2D eigenvalue weighted by Gasteiger charge is 2.37. The molecule has 0 saturated carbocycles. The summed E-state index contributed by atoms with van der Waals surface area (Å²) in [6, 6.07) is 3.20. The number of aromatic nitrogens is 5. The zero-order valence-electron chi connectivity index (χ0n) is 14.5. The van der Waals surface area contributed by atoms with E-state index < -0.39 is 5.97 Å². The molecule has 4 rings (SSSR count). The molecular weight excluding hydrogens is 386 g/mol. The molecule has 0 radical (unpaired) electrons. The maximum atomic E-state index is 13.1. The molecule has 0 fully saturated rings. The van der Waals surface area contributed by atoms with E-state index in [4.69, 9.17) is 22.4 Å². The molecule has 10 nitrogen and oxygen atoms in total. The molecule has 0 atom stereocenters. The lowest BCUT2D eigenvalue weighted by molar-refractivity contribution is -0.113. The smallest absolute Gasteiger partial charge is 0.337 e. The summed E-state index contributed by atoms with van der Waals surface area (Å²) in [5, 5.41) is 13.4. The highest BCUT2D eigenvalue weighted by molar-refractivity contribution is 6.41. The minimum Gasteiger partial charge on any atom is -0.478 e. The minimum absolute atomic E-state index is 0.0376. The number of amides is 1. The van der Waals surface area contributed by atoms with Gasteiger partial charge < -0.3 is 15.8 Å². The van der Waals surface area contributed by atoms with Gasteiger partial charge in [-0.3, -0.25) is 14.4 Å². The Balaban J connectivity index is 1.81. The molecule has 0 saturated heterocycles. The standard InChI is InChI=1S/C17H14ClN7O3/c1-24-3-2-9(23-24)7-25-14-12(13(18)21-17(19)22-14)11(15(25)26)5-10-4-8(6-20-10)16(27)28/h2-6,20H,7H2,1H3,(H,27,28)(H2,19,21,22). The van der Waals surface area contributed by atoms with Crippen molar-refractivity contribution in [2.45, 2.75) is 6.54 Å². The van der Waals surface area contributed by atoms with Gasteiger partial charge in [-0.1, -0.05) is 11.6 Å². The van der Waals surface area contributed by atoms with Gasteiger partial charge in [0.25, 0.3) is 5.91 Å². The third-order valence-electron chi connectivity index (χ3n) is 4.20. The molecule has 0 bridgehead atoms. The van der Waals surface area contributed by atoms with E-state index in [1.165, 1.54) is 23.2 Å². The summed E-state index contributed by atoms with van der Waals surface area (Å²) in [6.45, 7) is 0.169. The molecule has 3 aromatic heterocycles. The predicted octanol–water partition coefficient (Wildman–Crippen LogP) is 1.56. The molecule has 142 valence electrons. The first-order valence-corrected chi connectivity index (χ1v) is 8.48. The number of H-pyrrole nitrogens is 1. The normalized spacial score (nSPS) is 14.7. The number of nitrogens with two attached hydrogens (primary N) is 1. The fourth-order valence-electron chi connectivity index (χ4n) is 2.98. The molecule has 11 heteroatoms. The van der Waals surface area contributed by atoms with E-state index in [9.17, 15) is 9.59 Å². The lowest BCUT2D eigenvalue weighted by atomic mass is 10.1. The number of halogens is 1. The molecule has 4 heterocycles. The number of hydrogen-bond acceptors (Lipinski definition) is 6. The number of nitrogen functional groups attached to an aromatic ring is 1. The third-order valence-corrected chi connectivity index (χ3v) is 4.48. The van der Waals surface area contributed by atoms with Crippen LogP contribution in [-0.4, -0.2) is 41.7 Å². The second-order valence-corrected chi connectivity index (χ2v) is 6.51. The van der Waals surface area contributed by atoms with E-state index in [2.05, 4.69) is 20.1 Å². The van der Waals surface area contributed by atoms with Gasteiger partial charge >= 0.3 is 5.97 Å². The van der Waals surface area contributed by atoms with Gasteiger partial charge in [0.05, 0.1) is 28.9 Å². The summed E-state index contributed by atoms with van der Waals surface area (Å²) in [6.07, 6.45) is 4.61. The number of aryl methyl sites for hydroxylation is 1. The Morgan fingerprint density at radius 2 is 2.21 bits per heavy atom. The fourth-order valence-corrected chi connectivity index (χ4v) is 3.25. The van der Waals surface area contributed by atoms with E-state index in [1.54, 1.807) is 24.0 Å². The van der Waals surface area contributed by atoms with Crippen molar-refractivity contribution < 1.29 is 14.7 Å². The van der Waals surface area contributed by atoms with Crippen LogP contribution in [0.25, 0.3) is 11.6 Å². The van der Waals surface area contributed by atoms with Crippen LogP contribution < -0.4 is 10.6 Å². The van der Waals surface area contributed by atoms with Crippen molar-refractivity contribution in [2.75, 3.05) is 10.6 Å². The number of aromatic carboxylic acids is 1. The lowest BCUT2D eigenvalue weighted by Gasteiger charge is -2.14. The number of carbonyl (C=O) groups excluding carboxylic acids is 1. The van der Waals surface area contributed by atoms with E-state index in [0.717, 1.165) is 0 Å². The largest absolute Gasteiger partial charge is 0.478 e. The fraction of sp³-hybridized carbons (Fsp3) is 0.118. The molecule has 28 heavy (non-hydrogen) atoms. The lowest BCUT2D eigenvalue weighted by Crippen LogP contribution is -2.26. The minimum atomic E-state index is -1.08. The van der Waals surface area contributed by atoms with Gasteiger partial charge in [-0.2, -0.15) is 10.1 Å². The molecule has 1 amide bonds. The number of carboxylic acid groups (broad SMARTS) is 1. The SMILES string of the molecule is Cn1ccc(CN2C(=O)C(=Cc3cc(C(=O)O)c[nH]3)c3c(Cl)nc(N)nc32)n1. The van der Waals surface area contributed by atoms with Crippen molar-refractivity contribution in [3.05, 3.63) is 52.2 Å². The first-order chi connectivity index (χ1) is 13.3. The Bertz CT molecular complexity index is 1150. The summed E-state index contributed by atoms with van der Waals surface area (Å²) in [5.41, 5.74) is 7.44. The van der Waals surface area contributed by atoms with Crippen LogP contribution in [0.3, 0.4) is 0 Å². The molecular formula is C17H14ClN7O3. The number of carboxylic acids is 1. The van der Waals surface area contributed by atoms with Gasteiger partial charge in [0.1, 0.15) is 5.15 Å². The van der Waals surface area contributed by atoms with Crippen molar-refractivity contribution in [1.82, 2.24) is 24.7 Å². The Morgan fingerprint density at radius 1 is 1.43 bits per heavy atom. The van der Waals surface area contributed by atoms with Gasteiger partial charge in [-0.25, -0.2) is 9.78 Å². The number of nitrogens with zero attached hydrogens (tertiary/aromatic N) is 5. The molecule has 3 aromatic rings. The van der Waals surface area contributed by atoms with Crippen molar-refractivity contribution >= 4 is 46.9 Å². The van der Waals surface area contributed by atoms with E-state index in [-0.39, 0.29) is 40.5 Å². The summed E-state index contributed by atoms with van der Waals surface area (Å²) in [7, 11) is 1.77. The van der Waals surface area contributed by atoms with Crippen molar-refractivity contribution in [3.63, 3.8) is 0 Å².